The molecule has 5 nitrogen and oxygen atoms in total. The largest absolute Gasteiger partial charge is 0.444 e. The molecule has 0 aliphatic carbocycles. The number of halogens is 6. The van der Waals surface area contributed by atoms with E-state index in [0.717, 1.165) is 5.56 Å². The first-order valence-corrected chi connectivity index (χ1v) is 11.4. The summed E-state index contributed by atoms with van der Waals surface area (Å²) in [6.07, 6.45) is -10.8. The highest BCUT2D eigenvalue weighted by molar-refractivity contribution is 5.71. The number of hydrogen-bond donors (Lipinski definition) is 2. The van der Waals surface area contributed by atoms with Crippen molar-refractivity contribution in [2.24, 2.45) is 0 Å². The van der Waals surface area contributed by atoms with Crippen LogP contribution in [0.2, 0.25) is 0 Å². The molecular formula is C25H26F6N2O3. The number of hydrogen-bond acceptors (Lipinski definition) is 4. The molecular weight excluding hydrogens is 490 g/mol. The van der Waals surface area contributed by atoms with E-state index in [0.29, 0.717) is 31.5 Å². The zero-order valence-corrected chi connectivity index (χ0v) is 19.6. The first-order chi connectivity index (χ1) is 16.7. The van der Waals surface area contributed by atoms with Crippen molar-refractivity contribution in [1.29, 1.82) is 0 Å². The molecule has 2 aromatic rings. The third-order valence-electron chi connectivity index (χ3n) is 7.14. The topological polar surface area (TPSA) is 59.6 Å². The van der Waals surface area contributed by atoms with E-state index in [1.165, 1.54) is 6.92 Å². The quantitative estimate of drug-likeness (QED) is 0.483. The van der Waals surface area contributed by atoms with Gasteiger partial charge in [0.25, 0.3) is 0 Å². The van der Waals surface area contributed by atoms with E-state index in [1.54, 1.807) is 6.92 Å². The van der Waals surface area contributed by atoms with E-state index in [-0.39, 0.29) is 24.3 Å². The highest BCUT2D eigenvalue weighted by Crippen LogP contribution is 2.41. The van der Waals surface area contributed by atoms with Crippen LogP contribution in [-0.4, -0.2) is 30.9 Å². The zero-order valence-electron chi connectivity index (χ0n) is 19.6. The molecule has 2 aliphatic heterocycles. The van der Waals surface area contributed by atoms with Gasteiger partial charge in [0, 0.05) is 6.54 Å². The van der Waals surface area contributed by atoms with Gasteiger partial charge in [0.1, 0.15) is 6.10 Å². The maximum Gasteiger partial charge on any atom is 0.416 e. The predicted octanol–water partition coefficient (Wildman–Crippen LogP) is 5.95. The molecule has 4 rings (SSSR count). The van der Waals surface area contributed by atoms with E-state index in [4.69, 9.17) is 9.47 Å². The van der Waals surface area contributed by atoms with Crippen molar-refractivity contribution in [3.05, 3.63) is 70.8 Å². The highest BCUT2D eigenvalue weighted by Gasteiger charge is 2.52. The van der Waals surface area contributed by atoms with Crippen LogP contribution in [0, 0.1) is 0 Å². The molecule has 196 valence electrons. The summed E-state index contributed by atoms with van der Waals surface area (Å²) in [6, 6.07) is 10.7. The van der Waals surface area contributed by atoms with Crippen molar-refractivity contribution in [3.63, 3.8) is 0 Å². The summed E-state index contributed by atoms with van der Waals surface area (Å²) < 4.78 is 91.0. The second kappa shape index (κ2) is 9.26. The molecule has 0 saturated carbocycles. The first kappa shape index (κ1) is 26.3. The van der Waals surface area contributed by atoms with E-state index < -0.39 is 46.8 Å². The molecule has 4 atom stereocenters. The number of cyclic esters (lactones) is 1. The van der Waals surface area contributed by atoms with Gasteiger partial charge in [-0.1, -0.05) is 30.3 Å². The minimum absolute atomic E-state index is 0.0188. The Morgan fingerprint density at radius 1 is 1.03 bits per heavy atom. The zero-order chi connectivity index (χ0) is 26.4. The summed E-state index contributed by atoms with van der Waals surface area (Å²) in [4.78, 5) is 11.8. The van der Waals surface area contributed by atoms with Gasteiger partial charge in [0.2, 0.25) is 0 Å². The third kappa shape index (κ3) is 5.17. The van der Waals surface area contributed by atoms with Crippen LogP contribution >= 0.6 is 0 Å². The van der Waals surface area contributed by atoms with Crippen molar-refractivity contribution in [3.8, 4) is 0 Å². The average Bonchev–Trinajstić information content (AvgIpc) is 3.10. The Balaban J connectivity index is 1.59. The smallest absolute Gasteiger partial charge is 0.416 e. The summed E-state index contributed by atoms with van der Waals surface area (Å²) in [6.45, 7) is 3.54. The molecule has 2 heterocycles. The molecule has 2 aromatic carbocycles. The maximum absolute atomic E-state index is 13.3. The summed E-state index contributed by atoms with van der Waals surface area (Å²) in [5, 5.41) is 6.29. The molecule has 0 aromatic heterocycles. The SMILES string of the molecule is CC(OC[C@@]1(c2ccccc2)CCC2(CN1)NC(=O)OC2C)c1cc(C(F)(F)F)cc(C(F)(F)F)c1. The Labute approximate surface area is 204 Å². The van der Waals surface area contributed by atoms with Gasteiger partial charge in [-0.05, 0) is 56.0 Å². The van der Waals surface area contributed by atoms with Gasteiger partial charge < -0.3 is 20.1 Å². The van der Waals surface area contributed by atoms with Crippen molar-refractivity contribution in [1.82, 2.24) is 10.6 Å². The maximum atomic E-state index is 13.3. The minimum Gasteiger partial charge on any atom is -0.444 e. The average molecular weight is 516 g/mol. The Morgan fingerprint density at radius 2 is 1.64 bits per heavy atom. The van der Waals surface area contributed by atoms with Gasteiger partial charge in [0.05, 0.1) is 34.9 Å². The third-order valence-corrected chi connectivity index (χ3v) is 7.14. The monoisotopic (exact) mass is 516 g/mol. The van der Waals surface area contributed by atoms with Crippen molar-refractivity contribution in [2.45, 2.75) is 62.3 Å². The van der Waals surface area contributed by atoms with Crippen LogP contribution in [0.3, 0.4) is 0 Å². The minimum atomic E-state index is -4.94. The number of ether oxygens (including phenoxy) is 2. The Bertz CT molecular complexity index is 1060. The molecule has 2 saturated heterocycles. The Hall–Kier alpha value is -2.79. The fourth-order valence-corrected chi connectivity index (χ4v) is 4.79. The number of alkyl halides is 6. The van der Waals surface area contributed by atoms with Crippen LogP contribution in [0.25, 0.3) is 0 Å². The molecule has 0 radical (unpaired) electrons. The second-order valence-corrected chi connectivity index (χ2v) is 9.42. The fourth-order valence-electron chi connectivity index (χ4n) is 4.79. The summed E-state index contributed by atoms with van der Waals surface area (Å²) in [5.41, 5.74) is -3.54. The lowest BCUT2D eigenvalue weighted by Gasteiger charge is -2.46. The number of carbonyl (C=O) groups excluding carboxylic acids is 1. The van der Waals surface area contributed by atoms with Crippen molar-refractivity contribution < 1.29 is 40.6 Å². The summed E-state index contributed by atoms with van der Waals surface area (Å²) in [5.74, 6) is 0. The van der Waals surface area contributed by atoms with Gasteiger partial charge in [-0.3, -0.25) is 0 Å². The molecule has 36 heavy (non-hydrogen) atoms. The lowest BCUT2D eigenvalue weighted by atomic mass is 9.75. The van der Waals surface area contributed by atoms with Gasteiger partial charge in [0.15, 0.2) is 0 Å². The lowest BCUT2D eigenvalue weighted by molar-refractivity contribution is -0.143. The Morgan fingerprint density at radius 3 is 2.11 bits per heavy atom. The van der Waals surface area contributed by atoms with Crippen LogP contribution in [0.5, 0.6) is 0 Å². The summed E-state index contributed by atoms with van der Waals surface area (Å²) >= 11 is 0. The molecule has 2 fully saturated rings. The number of alkyl carbamates (subject to hydrolysis) is 1. The molecule has 2 aliphatic rings. The van der Waals surface area contributed by atoms with Gasteiger partial charge in [-0.25, -0.2) is 4.79 Å². The van der Waals surface area contributed by atoms with Crippen molar-refractivity contribution >= 4 is 6.09 Å². The normalized spacial score (nSPS) is 27.6. The van der Waals surface area contributed by atoms with Gasteiger partial charge >= 0.3 is 18.4 Å². The number of piperidine rings is 1. The number of amides is 1. The van der Waals surface area contributed by atoms with Crippen molar-refractivity contribution in [2.75, 3.05) is 13.2 Å². The number of rotatable bonds is 5. The van der Waals surface area contributed by atoms with E-state index in [9.17, 15) is 31.1 Å². The lowest BCUT2D eigenvalue weighted by Crippen LogP contribution is -2.64. The molecule has 11 heteroatoms. The van der Waals surface area contributed by atoms with Crippen LogP contribution in [-0.2, 0) is 27.4 Å². The number of carbonyl (C=O) groups is 1. The second-order valence-electron chi connectivity index (χ2n) is 9.42. The molecule has 1 spiro atoms. The number of nitrogens with one attached hydrogen (secondary N) is 2. The van der Waals surface area contributed by atoms with Crippen LogP contribution in [0.1, 0.15) is 55.0 Å². The standard InChI is InChI=1S/C25H26F6N2O3/c1-15(17-10-19(24(26,27)28)12-20(11-17)25(29,30)31)35-14-23(18-6-4-3-5-7-18)9-8-22(13-32-23)16(2)36-21(34)33-22/h3-7,10-12,15-16,32H,8-9,13-14H2,1-2H3,(H,33,34)/t15?,16?,22?,23-/m1/s1. The van der Waals surface area contributed by atoms with Gasteiger partial charge in [-0.15, -0.1) is 0 Å². The molecule has 2 N–H and O–H groups in total. The fraction of sp³-hybridized carbons (Fsp3) is 0.480. The van der Waals surface area contributed by atoms with E-state index >= 15 is 0 Å². The van der Waals surface area contributed by atoms with Gasteiger partial charge in [-0.2, -0.15) is 26.3 Å². The predicted molar refractivity (Wildman–Crippen MR) is 118 cm³/mol. The molecule has 0 bridgehead atoms. The Kier molecular flexibility index (Phi) is 6.76. The van der Waals surface area contributed by atoms with E-state index in [1.807, 2.05) is 30.3 Å². The number of benzene rings is 2. The first-order valence-electron chi connectivity index (χ1n) is 11.4. The van der Waals surface area contributed by atoms with Crippen LogP contribution in [0.4, 0.5) is 31.1 Å². The molecule has 1 amide bonds. The van der Waals surface area contributed by atoms with Crippen LogP contribution < -0.4 is 10.6 Å². The van der Waals surface area contributed by atoms with E-state index in [2.05, 4.69) is 10.6 Å². The molecule has 3 unspecified atom stereocenters. The summed E-state index contributed by atoms with van der Waals surface area (Å²) in [7, 11) is 0. The highest BCUT2D eigenvalue weighted by atomic mass is 19.4. The van der Waals surface area contributed by atoms with Crippen LogP contribution in [0.15, 0.2) is 48.5 Å².